The van der Waals surface area contributed by atoms with E-state index < -0.39 is 0 Å². The van der Waals surface area contributed by atoms with E-state index in [4.69, 9.17) is 0 Å². The normalized spacial score (nSPS) is 24.1. The van der Waals surface area contributed by atoms with Crippen molar-refractivity contribution in [3.63, 3.8) is 0 Å². The number of hydrogen-bond acceptors (Lipinski definition) is 1. The van der Waals surface area contributed by atoms with Gasteiger partial charge in [-0.2, -0.15) is 0 Å². The van der Waals surface area contributed by atoms with Crippen molar-refractivity contribution in [1.29, 1.82) is 0 Å². The number of anilines is 1. The maximum absolute atomic E-state index is 3.69. The highest BCUT2D eigenvalue weighted by atomic mass is 79.9. The zero-order valence-corrected chi connectivity index (χ0v) is 11.7. The lowest BCUT2D eigenvalue weighted by molar-refractivity contribution is 0.217. The molecule has 16 heavy (non-hydrogen) atoms. The van der Waals surface area contributed by atoms with Gasteiger partial charge >= 0.3 is 0 Å². The van der Waals surface area contributed by atoms with Gasteiger partial charge in [-0.05, 0) is 46.3 Å². The summed E-state index contributed by atoms with van der Waals surface area (Å²) in [6, 6.07) is 8.98. The first-order valence-electron chi connectivity index (χ1n) is 6.11. The van der Waals surface area contributed by atoms with Gasteiger partial charge in [0.15, 0.2) is 0 Å². The SMILES string of the molecule is CC1(C)CCCCC1Nc1ccccc1Br. The third kappa shape index (κ3) is 2.60. The van der Waals surface area contributed by atoms with Crippen LogP contribution in [0.5, 0.6) is 0 Å². The minimum atomic E-state index is 0.410. The molecular weight excluding hydrogens is 262 g/mol. The van der Waals surface area contributed by atoms with Gasteiger partial charge < -0.3 is 5.32 Å². The average molecular weight is 282 g/mol. The summed E-state index contributed by atoms with van der Waals surface area (Å²) in [7, 11) is 0. The smallest absolute Gasteiger partial charge is 0.0486 e. The van der Waals surface area contributed by atoms with Crippen molar-refractivity contribution < 1.29 is 0 Å². The lowest BCUT2D eigenvalue weighted by Crippen LogP contribution is -2.38. The molecule has 2 heteroatoms. The Morgan fingerprint density at radius 1 is 1.25 bits per heavy atom. The van der Waals surface area contributed by atoms with Gasteiger partial charge in [0.05, 0.1) is 0 Å². The van der Waals surface area contributed by atoms with Crippen molar-refractivity contribution in [2.45, 2.75) is 45.6 Å². The number of halogens is 1. The number of hydrogen-bond donors (Lipinski definition) is 1. The first kappa shape index (κ1) is 12.0. The number of nitrogens with one attached hydrogen (secondary N) is 1. The van der Waals surface area contributed by atoms with Crippen molar-refractivity contribution >= 4 is 21.6 Å². The van der Waals surface area contributed by atoms with Gasteiger partial charge in [-0.3, -0.25) is 0 Å². The molecule has 0 radical (unpaired) electrons. The Hall–Kier alpha value is -0.500. The largest absolute Gasteiger partial charge is 0.381 e. The second-order valence-electron chi connectivity index (χ2n) is 5.41. The molecule has 88 valence electrons. The molecule has 1 aliphatic rings. The second-order valence-corrected chi connectivity index (χ2v) is 6.27. The monoisotopic (exact) mass is 281 g/mol. The van der Waals surface area contributed by atoms with Gasteiger partial charge in [-0.15, -0.1) is 0 Å². The summed E-state index contributed by atoms with van der Waals surface area (Å²) in [6.45, 7) is 4.75. The molecule has 0 aliphatic heterocycles. The van der Waals surface area contributed by atoms with Gasteiger partial charge in [-0.25, -0.2) is 0 Å². The first-order valence-corrected chi connectivity index (χ1v) is 6.90. The predicted octanol–water partition coefficient (Wildman–Crippen LogP) is 4.83. The molecule has 1 fully saturated rings. The molecule has 0 spiro atoms. The van der Waals surface area contributed by atoms with E-state index >= 15 is 0 Å². The summed E-state index contributed by atoms with van der Waals surface area (Å²) in [5.74, 6) is 0. The van der Waals surface area contributed by atoms with Crippen LogP contribution in [-0.2, 0) is 0 Å². The van der Waals surface area contributed by atoms with Gasteiger partial charge in [0.1, 0.15) is 0 Å². The zero-order valence-electron chi connectivity index (χ0n) is 10.1. The standard InChI is InChI=1S/C14H20BrN/c1-14(2)10-6-5-9-13(14)16-12-8-4-3-7-11(12)15/h3-4,7-8,13,16H,5-6,9-10H2,1-2H3. The highest BCUT2D eigenvalue weighted by molar-refractivity contribution is 9.10. The molecule has 0 saturated heterocycles. The minimum absolute atomic E-state index is 0.410. The highest BCUT2D eigenvalue weighted by Crippen LogP contribution is 2.38. The Bertz CT molecular complexity index is 360. The average Bonchev–Trinajstić information content (AvgIpc) is 2.24. The summed E-state index contributed by atoms with van der Waals surface area (Å²) in [5, 5.41) is 3.69. The first-order chi connectivity index (χ1) is 7.59. The van der Waals surface area contributed by atoms with E-state index in [1.807, 2.05) is 0 Å². The van der Waals surface area contributed by atoms with Crippen LogP contribution in [0.15, 0.2) is 28.7 Å². The summed E-state index contributed by atoms with van der Waals surface area (Å²) < 4.78 is 1.16. The van der Waals surface area contributed by atoms with Gasteiger partial charge in [-0.1, -0.05) is 38.8 Å². The van der Waals surface area contributed by atoms with Crippen molar-refractivity contribution in [2.75, 3.05) is 5.32 Å². The fraction of sp³-hybridized carbons (Fsp3) is 0.571. The maximum atomic E-state index is 3.69. The van der Waals surface area contributed by atoms with Crippen LogP contribution in [0, 0.1) is 5.41 Å². The van der Waals surface area contributed by atoms with Crippen LogP contribution >= 0.6 is 15.9 Å². The molecule has 1 saturated carbocycles. The van der Waals surface area contributed by atoms with E-state index in [0.29, 0.717) is 11.5 Å². The topological polar surface area (TPSA) is 12.0 Å². The lowest BCUT2D eigenvalue weighted by Gasteiger charge is -2.39. The number of para-hydroxylation sites is 1. The molecule has 0 bridgehead atoms. The molecule has 1 nitrogen and oxygen atoms in total. The number of benzene rings is 1. The van der Waals surface area contributed by atoms with Crippen LogP contribution in [-0.4, -0.2) is 6.04 Å². The lowest BCUT2D eigenvalue weighted by atomic mass is 9.73. The molecule has 1 aliphatic carbocycles. The molecule has 1 aromatic rings. The molecule has 1 N–H and O–H groups in total. The van der Waals surface area contributed by atoms with Crippen molar-refractivity contribution in [3.05, 3.63) is 28.7 Å². The highest BCUT2D eigenvalue weighted by Gasteiger charge is 2.32. The molecule has 1 unspecified atom stereocenters. The zero-order chi connectivity index (χ0) is 11.6. The van der Waals surface area contributed by atoms with Gasteiger partial charge in [0, 0.05) is 16.2 Å². The third-order valence-electron chi connectivity index (χ3n) is 3.71. The Kier molecular flexibility index (Phi) is 3.58. The van der Waals surface area contributed by atoms with Gasteiger partial charge in [0.2, 0.25) is 0 Å². The Balaban J connectivity index is 2.12. The fourth-order valence-electron chi connectivity index (χ4n) is 2.53. The van der Waals surface area contributed by atoms with E-state index in [1.54, 1.807) is 0 Å². The predicted molar refractivity (Wildman–Crippen MR) is 73.8 cm³/mol. The quantitative estimate of drug-likeness (QED) is 0.819. The van der Waals surface area contributed by atoms with E-state index in [1.165, 1.54) is 31.4 Å². The molecule has 0 heterocycles. The maximum Gasteiger partial charge on any atom is 0.0486 e. The summed E-state index contributed by atoms with van der Waals surface area (Å²) in [4.78, 5) is 0. The third-order valence-corrected chi connectivity index (χ3v) is 4.40. The molecule has 1 atom stereocenters. The molecule has 0 aromatic heterocycles. The number of rotatable bonds is 2. The van der Waals surface area contributed by atoms with Crippen molar-refractivity contribution in [2.24, 2.45) is 5.41 Å². The Labute approximate surface area is 107 Å². The van der Waals surface area contributed by atoms with Crippen LogP contribution in [0.1, 0.15) is 39.5 Å². The van der Waals surface area contributed by atoms with Gasteiger partial charge in [0.25, 0.3) is 0 Å². The Morgan fingerprint density at radius 3 is 2.69 bits per heavy atom. The summed E-state index contributed by atoms with van der Waals surface area (Å²) in [5.41, 5.74) is 1.63. The van der Waals surface area contributed by atoms with E-state index in [9.17, 15) is 0 Å². The van der Waals surface area contributed by atoms with Crippen LogP contribution in [0.25, 0.3) is 0 Å². The van der Waals surface area contributed by atoms with E-state index in [-0.39, 0.29) is 0 Å². The molecular formula is C14H20BrN. The van der Waals surface area contributed by atoms with E-state index in [2.05, 4.69) is 59.4 Å². The molecule has 0 amide bonds. The van der Waals surface area contributed by atoms with Crippen molar-refractivity contribution in [1.82, 2.24) is 0 Å². The molecule has 1 aromatic carbocycles. The second kappa shape index (κ2) is 4.79. The van der Waals surface area contributed by atoms with E-state index in [0.717, 1.165) is 4.47 Å². The Morgan fingerprint density at radius 2 is 2.00 bits per heavy atom. The van der Waals surface area contributed by atoms with Crippen LogP contribution in [0.4, 0.5) is 5.69 Å². The van der Waals surface area contributed by atoms with Crippen LogP contribution in [0.3, 0.4) is 0 Å². The van der Waals surface area contributed by atoms with Crippen molar-refractivity contribution in [3.8, 4) is 0 Å². The fourth-order valence-corrected chi connectivity index (χ4v) is 2.93. The minimum Gasteiger partial charge on any atom is -0.381 e. The summed E-state index contributed by atoms with van der Waals surface area (Å²) >= 11 is 3.60. The molecule has 2 rings (SSSR count). The van der Waals surface area contributed by atoms with Crippen LogP contribution < -0.4 is 5.32 Å². The van der Waals surface area contributed by atoms with Crippen LogP contribution in [0.2, 0.25) is 0 Å². The summed E-state index contributed by atoms with van der Waals surface area (Å²) in [6.07, 6.45) is 5.34.